The molecule has 0 aliphatic carbocycles. The molecule has 4 nitrogen and oxygen atoms in total. The van der Waals surface area contributed by atoms with Gasteiger partial charge in [0.2, 0.25) is 0 Å². The van der Waals surface area contributed by atoms with Gasteiger partial charge in [-0.25, -0.2) is 0 Å². The van der Waals surface area contributed by atoms with E-state index < -0.39 is 0 Å². The van der Waals surface area contributed by atoms with Gasteiger partial charge < -0.3 is 18.9 Å². The molecule has 1 rings (SSSR count). The first-order chi connectivity index (χ1) is 6.83. The van der Waals surface area contributed by atoms with E-state index in [1.807, 2.05) is 13.8 Å². The molecular weight excluding hydrogens is 184 g/mol. The van der Waals surface area contributed by atoms with Crippen LogP contribution < -0.4 is 0 Å². The molecule has 0 amide bonds. The number of hydrogen-bond acceptors (Lipinski definition) is 4. The Morgan fingerprint density at radius 1 is 1.43 bits per heavy atom. The van der Waals surface area contributed by atoms with Gasteiger partial charge in [-0.2, -0.15) is 0 Å². The summed E-state index contributed by atoms with van der Waals surface area (Å²) >= 11 is 0. The predicted molar refractivity (Wildman–Crippen MR) is 52.2 cm³/mol. The van der Waals surface area contributed by atoms with Gasteiger partial charge in [0.15, 0.2) is 0 Å². The number of epoxide rings is 1. The van der Waals surface area contributed by atoms with E-state index in [0.717, 1.165) is 13.0 Å². The first-order valence-electron chi connectivity index (χ1n) is 5.21. The van der Waals surface area contributed by atoms with Crippen LogP contribution in [0.3, 0.4) is 0 Å². The largest absolute Gasteiger partial charge is 0.376 e. The summed E-state index contributed by atoms with van der Waals surface area (Å²) in [4.78, 5) is 0. The maximum Gasteiger partial charge on any atom is 0.146 e. The Labute approximate surface area is 85.5 Å². The van der Waals surface area contributed by atoms with E-state index in [1.165, 1.54) is 0 Å². The molecule has 0 bridgehead atoms. The number of rotatable bonds is 9. The van der Waals surface area contributed by atoms with Crippen molar-refractivity contribution in [3.63, 3.8) is 0 Å². The van der Waals surface area contributed by atoms with Crippen molar-refractivity contribution in [3.05, 3.63) is 0 Å². The van der Waals surface area contributed by atoms with E-state index in [2.05, 4.69) is 0 Å². The molecule has 14 heavy (non-hydrogen) atoms. The lowest BCUT2D eigenvalue weighted by Gasteiger charge is -2.12. The van der Waals surface area contributed by atoms with Gasteiger partial charge in [-0.05, 0) is 20.3 Å². The molecule has 2 unspecified atom stereocenters. The zero-order valence-corrected chi connectivity index (χ0v) is 9.03. The molecule has 0 spiro atoms. The summed E-state index contributed by atoms with van der Waals surface area (Å²) in [6, 6.07) is 0. The number of ether oxygens (including phenoxy) is 4. The van der Waals surface area contributed by atoms with Crippen molar-refractivity contribution < 1.29 is 18.9 Å². The SMILES string of the molecule is CCOCOCCC(C)OCC1CO1. The van der Waals surface area contributed by atoms with Crippen molar-refractivity contribution in [2.45, 2.75) is 32.5 Å². The summed E-state index contributed by atoms with van der Waals surface area (Å²) in [6.07, 6.45) is 1.49. The van der Waals surface area contributed by atoms with Crippen molar-refractivity contribution >= 4 is 0 Å². The van der Waals surface area contributed by atoms with Crippen LogP contribution in [0.15, 0.2) is 0 Å². The molecule has 1 saturated heterocycles. The zero-order valence-electron chi connectivity index (χ0n) is 9.03. The lowest BCUT2D eigenvalue weighted by molar-refractivity contribution is -0.0613. The van der Waals surface area contributed by atoms with E-state index in [9.17, 15) is 0 Å². The van der Waals surface area contributed by atoms with Crippen LogP contribution in [0.4, 0.5) is 0 Å². The van der Waals surface area contributed by atoms with Gasteiger partial charge in [0.1, 0.15) is 12.9 Å². The normalized spacial score (nSPS) is 22.3. The minimum Gasteiger partial charge on any atom is -0.376 e. The second-order valence-electron chi connectivity index (χ2n) is 3.41. The van der Waals surface area contributed by atoms with Gasteiger partial charge in [0.05, 0.1) is 25.9 Å². The summed E-state index contributed by atoms with van der Waals surface area (Å²) in [5, 5.41) is 0. The van der Waals surface area contributed by atoms with E-state index in [4.69, 9.17) is 18.9 Å². The molecule has 0 aromatic heterocycles. The minimum atomic E-state index is 0.237. The summed E-state index contributed by atoms with van der Waals surface area (Å²) in [5.41, 5.74) is 0. The van der Waals surface area contributed by atoms with Crippen LogP contribution in [0.1, 0.15) is 20.3 Å². The van der Waals surface area contributed by atoms with Crippen LogP contribution in [-0.4, -0.2) is 45.4 Å². The predicted octanol–water partition coefficient (Wildman–Crippen LogP) is 1.19. The molecule has 0 N–H and O–H groups in total. The van der Waals surface area contributed by atoms with Crippen molar-refractivity contribution in [2.75, 3.05) is 33.2 Å². The first-order valence-corrected chi connectivity index (χ1v) is 5.21. The Morgan fingerprint density at radius 3 is 2.86 bits per heavy atom. The first kappa shape index (κ1) is 11.9. The fraction of sp³-hybridized carbons (Fsp3) is 1.00. The highest BCUT2D eigenvalue weighted by Crippen LogP contribution is 2.10. The third-order valence-electron chi connectivity index (χ3n) is 2.01. The van der Waals surface area contributed by atoms with Crippen LogP contribution in [0.2, 0.25) is 0 Å². The van der Waals surface area contributed by atoms with Gasteiger partial charge in [0.25, 0.3) is 0 Å². The van der Waals surface area contributed by atoms with Crippen LogP contribution in [0.5, 0.6) is 0 Å². The molecule has 0 radical (unpaired) electrons. The molecule has 2 atom stereocenters. The maximum absolute atomic E-state index is 5.53. The third kappa shape index (κ3) is 6.32. The molecule has 1 heterocycles. The summed E-state index contributed by atoms with van der Waals surface area (Å²) < 4.78 is 20.8. The molecule has 4 heteroatoms. The van der Waals surface area contributed by atoms with E-state index in [0.29, 0.717) is 32.7 Å². The van der Waals surface area contributed by atoms with Gasteiger partial charge in [-0.3, -0.25) is 0 Å². The smallest absolute Gasteiger partial charge is 0.146 e. The quantitative estimate of drug-likeness (QED) is 0.321. The molecule has 0 saturated carbocycles. The zero-order chi connectivity index (χ0) is 10.2. The Bertz CT molecular complexity index is 136. The second-order valence-corrected chi connectivity index (χ2v) is 3.41. The molecule has 1 fully saturated rings. The highest BCUT2D eigenvalue weighted by atomic mass is 16.7. The minimum absolute atomic E-state index is 0.237. The van der Waals surface area contributed by atoms with Crippen LogP contribution in [0.25, 0.3) is 0 Å². The fourth-order valence-corrected chi connectivity index (χ4v) is 0.970. The summed E-state index contributed by atoms with van der Waals surface area (Å²) in [5.74, 6) is 0. The fourth-order valence-electron chi connectivity index (χ4n) is 0.970. The Hall–Kier alpha value is -0.160. The van der Waals surface area contributed by atoms with Gasteiger partial charge in [0, 0.05) is 6.61 Å². The van der Waals surface area contributed by atoms with E-state index in [-0.39, 0.29) is 6.10 Å². The van der Waals surface area contributed by atoms with Crippen molar-refractivity contribution in [3.8, 4) is 0 Å². The van der Waals surface area contributed by atoms with Crippen molar-refractivity contribution in [2.24, 2.45) is 0 Å². The topological polar surface area (TPSA) is 40.2 Å². The Kier molecular flexibility index (Phi) is 6.10. The van der Waals surface area contributed by atoms with Gasteiger partial charge >= 0.3 is 0 Å². The molecule has 84 valence electrons. The average molecular weight is 204 g/mol. The standard InChI is InChI=1S/C10H20O4/c1-3-11-8-12-5-4-9(2)13-6-10-7-14-10/h9-10H,3-8H2,1-2H3. The number of hydrogen-bond donors (Lipinski definition) is 0. The summed E-state index contributed by atoms with van der Waals surface area (Å²) in [6.45, 7) is 7.34. The molecule has 0 aromatic carbocycles. The highest BCUT2D eigenvalue weighted by molar-refractivity contribution is 4.68. The Balaban J connectivity index is 1.79. The van der Waals surface area contributed by atoms with E-state index >= 15 is 0 Å². The lowest BCUT2D eigenvalue weighted by atomic mass is 10.3. The highest BCUT2D eigenvalue weighted by Gasteiger charge is 2.23. The van der Waals surface area contributed by atoms with Gasteiger partial charge in [-0.1, -0.05) is 0 Å². The van der Waals surface area contributed by atoms with Crippen LogP contribution >= 0.6 is 0 Å². The average Bonchev–Trinajstić information content (AvgIpc) is 2.98. The molecule has 0 aromatic rings. The Morgan fingerprint density at radius 2 is 2.21 bits per heavy atom. The van der Waals surface area contributed by atoms with E-state index in [1.54, 1.807) is 0 Å². The summed E-state index contributed by atoms with van der Waals surface area (Å²) in [7, 11) is 0. The maximum atomic E-state index is 5.53. The van der Waals surface area contributed by atoms with Crippen LogP contribution in [-0.2, 0) is 18.9 Å². The molecular formula is C10H20O4. The second kappa shape index (κ2) is 7.17. The van der Waals surface area contributed by atoms with Crippen molar-refractivity contribution in [1.82, 2.24) is 0 Å². The van der Waals surface area contributed by atoms with Gasteiger partial charge in [-0.15, -0.1) is 0 Å². The molecule has 1 aliphatic heterocycles. The lowest BCUT2D eigenvalue weighted by Crippen LogP contribution is -2.15. The molecule has 1 aliphatic rings. The van der Waals surface area contributed by atoms with Crippen LogP contribution in [0, 0.1) is 0 Å². The third-order valence-corrected chi connectivity index (χ3v) is 2.01. The monoisotopic (exact) mass is 204 g/mol. The van der Waals surface area contributed by atoms with Crippen molar-refractivity contribution in [1.29, 1.82) is 0 Å².